The van der Waals surface area contributed by atoms with Crippen molar-refractivity contribution in [3.63, 3.8) is 0 Å². The Labute approximate surface area is 156 Å². The van der Waals surface area contributed by atoms with Crippen LogP contribution >= 0.6 is 0 Å². The largest absolute Gasteiger partial charge is 0.276 e. The average molecular weight is 391 g/mol. The molecule has 2 aromatic carbocycles. The van der Waals surface area contributed by atoms with E-state index in [9.17, 15) is 17.2 Å². The summed E-state index contributed by atoms with van der Waals surface area (Å²) in [5.41, 5.74) is 3.62. The Hall–Kier alpha value is -2.74. The minimum atomic E-state index is -4.08. The van der Waals surface area contributed by atoms with Gasteiger partial charge in [-0.05, 0) is 50.1 Å². The number of rotatable bonds is 5. The molecule has 142 valence electrons. The van der Waals surface area contributed by atoms with Crippen LogP contribution < -0.4 is 4.72 Å². The third kappa shape index (κ3) is 3.85. The number of nitrogens with zero attached hydrogens (tertiary/aromatic N) is 2. The molecule has 1 aromatic heterocycles. The molecular weight excluding hydrogens is 372 g/mol. The van der Waals surface area contributed by atoms with Crippen molar-refractivity contribution in [3.05, 3.63) is 76.6 Å². The average Bonchev–Trinajstić information content (AvgIpc) is 2.86. The number of sulfonamides is 1. The van der Waals surface area contributed by atoms with Gasteiger partial charge in [-0.3, -0.25) is 9.40 Å². The van der Waals surface area contributed by atoms with Gasteiger partial charge in [0.25, 0.3) is 10.0 Å². The molecule has 1 N–H and O–H groups in total. The van der Waals surface area contributed by atoms with Crippen molar-refractivity contribution < 1.29 is 17.2 Å². The number of hydrogen-bond acceptors (Lipinski definition) is 3. The number of benzene rings is 2. The maximum absolute atomic E-state index is 13.4. The van der Waals surface area contributed by atoms with Gasteiger partial charge in [-0.2, -0.15) is 5.10 Å². The van der Waals surface area contributed by atoms with Crippen LogP contribution in [0.3, 0.4) is 0 Å². The lowest BCUT2D eigenvalue weighted by Crippen LogP contribution is -2.15. The van der Waals surface area contributed by atoms with Crippen molar-refractivity contribution in [1.29, 1.82) is 0 Å². The number of anilines is 1. The van der Waals surface area contributed by atoms with E-state index < -0.39 is 21.7 Å². The molecule has 0 saturated heterocycles. The van der Waals surface area contributed by atoms with Crippen molar-refractivity contribution in [3.8, 4) is 0 Å². The molecule has 0 aliphatic rings. The molecular formula is C19H19F2N3O2S. The van der Waals surface area contributed by atoms with Gasteiger partial charge in [0.1, 0.15) is 0 Å². The molecule has 0 fully saturated rings. The van der Waals surface area contributed by atoms with Gasteiger partial charge in [0.05, 0.1) is 28.5 Å². The van der Waals surface area contributed by atoms with Crippen LogP contribution in [0.25, 0.3) is 0 Å². The number of nitrogens with one attached hydrogen (secondary N) is 1. The second-order valence-corrected chi connectivity index (χ2v) is 7.99. The topological polar surface area (TPSA) is 64.0 Å². The van der Waals surface area contributed by atoms with Crippen LogP contribution in [-0.2, 0) is 16.6 Å². The van der Waals surface area contributed by atoms with Gasteiger partial charge in [-0.15, -0.1) is 0 Å². The van der Waals surface area contributed by atoms with Gasteiger partial charge in [0.2, 0.25) is 0 Å². The van der Waals surface area contributed by atoms with E-state index in [1.54, 1.807) is 18.5 Å². The summed E-state index contributed by atoms with van der Waals surface area (Å²) in [5, 5.41) is 4.41. The molecule has 0 aliphatic carbocycles. The highest BCUT2D eigenvalue weighted by molar-refractivity contribution is 7.92. The van der Waals surface area contributed by atoms with Crippen LogP contribution in [0.2, 0.25) is 0 Å². The van der Waals surface area contributed by atoms with Crippen molar-refractivity contribution in [2.45, 2.75) is 32.2 Å². The van der Waals surface area contributed by atoms with E-state index >= 15 is 0 Å². The van der Waals surface area contributed by atoms with Crippen molar-refractivity contribution in [2.75, 3.05) is 4.72 Å². The van der Waals surface area contributed by atoms with Crippen LogP contribution in [0.5, 0.6) is 0 Å². The van der Waals surface area contributed by atoms with Gasteiger partial charge in [-0.25, -0.2) is 17.2 Å². The Balaban J connectivity index is 1.92. The second kappa shape index (κ2) is 7.11. The van der Waals surface area contributed by atoms with Gasteiger partial charge >= 0.3 is 0 Å². The fourth-order valence-electron chi connectivity index (χ4n) is 2.78. The summed E-state index contributed by atoms with van der Waals surface area (Å²) in [6.07, 6.45) is 0. The first-order valence-corrected chi connectivity index (χ1v) is 9.74. The molecule has 8 heteroatoms. The molecule has 1 heterocycles. The number of aryl methyl sites for hydroxylation is 2. The lowest BCUT2D eigenvalue weighted by Gasteiger charge is -2.10. The first-order valence-electron chi connectivity index (χ1n) is 8.25. The lowest BCUT2D eigenvalue weighted by molar-refractivity contribution is 0.504. The van der Waals surface area contributed by atoms with E-state index in [1.165, 1.54) is 0 Å². The SMILES string of the molecule is Cc1ccccc1Cn1nc(C)c(NS(=O)(=O)c2ccc(F)c(F)c2)c1C. The molecule has 0 bridgehead atoms. The first kappa shape index (κ1) is 19.0. The molecule has 0 aliphatic heterocycles. The van der Waals surface area contributed by atoms with Crippen molar-refractivity contribution in [2.24, 2.45) is 0 Å². The number of hydrogen-bond donors (Lipinski definition) is 1. The van der Waals surface area contributed by atoms with Crippen LogP contribution in [0, 0.1) is 32.4 Å². The highest BCUT2D eigenvalue weighted by atomic mass is 32.2. The van der Waals surface area contributed by atoms with E-state index in [4.69, 9.17) is 0 Å². The van der Waals surface area contributed by atoms with Gasteiger partial charge < -0.3 is 0 Å². The molecule has 0 atom stereocenters. The Kier molecular flexibility index (Phi) is 5.01. The molecule has 27 heavy (non-hydrogen) atoms. The first-order chi connectivity index (χ1) is 12.7. The van der Waals surface area contributed by atoms with Crippen LogP contribution in [0.4, 0.5) is 14.5 Å². The smallest absolute Gasteiger partial charge is 0.262 e. The summed E-state index contributed by atoms with van der Waals surface area (Å²) in [6, 6.07) is 10.3. The molecule has 3 rings (SSSR count). The maximum atomic E-state index is 13.4. The fraction of sp³-hybridized carbons (Fsp3) is 0.211. The summed E-state index contributed by atoms with van der Waals surface area (Å²) in [6.45, 7) is 5.92. The molecule has 5 nitrogen and oxygen atoms in total. The monoisotopic (exact) mass is 391 g/mol. The second-order valence-electron chi connectivity index (χ2n) is 6.31. The van der Waals surface area contributed by atoms with Crippen LogP contribution in [-0.4, -0.2) is 18.2 Å². The third-order valence-electron chi connectivity index (χ3n) is 4.40. The van der Waals surface area contributed by atoms with Crippen LogP contribution in [0.1, 0.15) is 22.5 Å². The summed E-state index contributed by atoms with van der Waals surface area (Å²) in [5.74, 6) is -2.33. The third-order valence-corrected chi connectivity index (χ3v) is 5.75. The zero-order chi connectivity index (χ0) is 19.8. The minimum absolute atomic E-state index is 0.327. The quantitative estimate of drug-likeness (QED) is 0.717. The normalized spacial score (nSPS) is 11.6. The zero-order valence-corrected chi connectivity index (χ0v) is 15.9. The number of aromatic nitrogens is 2. The Morgan fingerprint density at radius 1 is 1.04 bits per heavy atom. The molecule has 3 aromatic rings. The predicted molar refractivity (Wildman–Crippen MR) is 99.1 cm³/mol. The zero-order valence-electron chi connectivity index (χ0n) is 15.1. The van der Waals surface area contributed by atoms with E-state index in [2.05, 4.69) is 9.82 Å². The van der Waals surface area contributed by atoms with Gasteiger partial charge in [0, 0.05) is 0 Å². The Bertz CT molecular complexity index is 1110. The molecule has 0 unspecified atom stereocenters. The summed E-state index contributed by atoms with van der Waals surface area (Å²) in [4.78, 5) is -0.355. The standard InChI is InChI=1S/C19H19F2N3O2S/c1-12-6-4-5-7-15(12)11-24-14(3)19(13(2)22-24)23-27(25,26)16-8-9-17(20)18(21)10-16/h4-10,23H,11H2,1-3H3. The molecule has 0 spiro atoms. The maximum Gasteiger partial charge on any atom is 0.262 e. The predicted octanol–water partition coefficient (Wildman–Crippen LogP) is 3.94. The molecule has 0 saturated carbocycles. The highest BCUT2D eigenvalue weighted by Gasteiger charge is 2.21. The van der Waals surface area contributed by atoms with E-state index in [0.29, 0.717) is 29.7 Å². The molecule has 0 amide bonds. The van der Waals surface area contributed by atoms with Gasteiger partial charge in [0.15, 0.2) is 11.6 Å². The van der Waals surface area contributed by atoms with Crippen molar-refractivity contribution >= 4 is 15.7 Å². The highest BCUT2D eigenvalue weighted by Crippen LogP contribution is 2.25. The Morgan fingerprint density at radius 3 is 2.41 bits per heavy atom. The summed E-state index contributed by atoms with van der Waals surface area (Å²) in [7, 11) is -4.08. The summed E-state index contributed by atoms with van der Waals surface area (Å²) < 4.78 is 55.7. The lowest BCUT2D eigenvalue weighted by atomic mass is 10.1. The van der Waals surface area contributed by atoms with Crippen molar-refractivity contribution in [1.82, 2.24) is 9.78 Å². The van der Waals surface area contributed by atoms with Crippen LogP contribution in [0.15, 0.2) is 47.4 Å². The fourth-order valence-corrected chi connectivity index (χ4v) is 3.97. The minimum Gasteiger partial charge on any atom is -0.276 e. The number of halogens is 2. The molecule has 0 radical (unpaired) electrons. The van der Waals surface area contributed by atoms with E-state index in [-0.39, 0.29) is 4.90 Å². The van der Waals surface area contributed by atoms with E-state index in [1.807, 2.05) is 31.2 Å². The van der Waals surface area contributed by atoms with E-state index in [0.717, 1.165) is 23.3 Å². The van der Waals surface area contributed by atoms with Gasteiger partial charge in [-0.1, -0.05) is 24.3 Å². The Morgan fingerprint density at radius 2 is 1.74 bits per heavy atom. The summed E-state index contributed by atoms with van der Waals surface area (Å²) >= 11 is 0.